The van der Waals surface area contributed by atoms with Crippen LogP contribution in [0.3, 0.4) is 0 Å². The molecule has 0 aromatic heterocycles. The number of aliphatic hydroxyl groups is 1. The molecule has 1 aromatic rings. The standard InChI is InChI=1S/C19H29NO4/c1-4-23-19(22)16-7-9-20(10-8-16)12-17(21)13-24-18-6-5-14(2)11-15(18)3/h5-6,11,16-17,21H,4,7-10,12-13H2,1-3H3/t17-/m0/s1. The van der Waals surface area contributed by atoms with Crippen LogP contribution in [0, 0.1) is 19.8 Å². The molecule has 0 radical (unpaired) electrons. The van der Waals surface area contributed by atoms with Crippen molar-refractivity contribution in [3.63, 3.8) is 0 Å². The molecule has 1 fully saturated rings. The summed E-state index contributed by atoms with van der Waals surface area (Å²) in [5, 5.41) is 10.2. The third-order valence-electron chi connectivity index (χ3n) is 4.44. The average molecular weight is 335 g/mol. The first-order valence-corrected chi connectivity index (χ1v) is 8.76. The number of piperidine rings is 1. The molecule has 1 aromatic carbocycles. The van der Waals surface area contributed by atoms with Gasteiger partial charge in [-0.1, -0.05) is 17.7 Å². The van der Waals surface area contributed by atoms with Crippen molar-refractivity contribution < 1.29 is 19.4 Å². The van der Waals surface area contributed by atoms with Gasteiger partial charge in [-0.2, -0.15) is 0 Å². The summed E-state index contributed by atoms with van der Waals surface area (Å²) in [5.41, 5.74) is 2.28. The number of ether oxygens (including phenoxy) is 2. The van der Waals surface area contributed by atoms with E-state index in [4.69, 9.17) is 9.47 Å². The highest BCUT2D eigenvalue weighted by molar-refractivity contribution is 5.72. The Morgan fingerprint density at radius 1 is 1.33 bits per heavy atom. The first-order chi connectivity index (χ1) is 11.5. The lowest BCUT2D eigenvalue weighted by Gasteiger charge is -2.32. The van der Waals surface area contributed by atoms with E-state index < -0.39 is 6.10 Å². The highest BCUT2D eigenvalue weighted by Crippen LogP contribution is 2.20. The number of hydrogen-bond donors (Lipinski definition) is 1. The molecule has 5 nitrogen and oxygen atoms in total. The second-order valence-corrected chi connectivity index (χ2v) is 6.56. The molecule has 134 valence electrons. The summed E-state index contributed by atoms with van der Waals surface area (Å²) in [6.07, 6.45) is 1.05. The van der Waals surface area contributed by atoms with E-state index >= 15 is 0 Å². The smallest absolute Gasteiger partial charge is 0.309 e. The lowest BCUT2D eigenvalue weighted by molar-refractivity contribution is -0.149. The van der Waals surface area contributed by atoms with Crippen molar-refractivity contribution in [3.8, 4) is 5.75 Å². The number of rotatable bonds is 7. The van der Waals surface area contributed by atoms with Crippen LogP contribution in [0.4, 0.5) is 0 Å². The van der Waals surface area contributed by atoms with Crippen molar-refractivity contribution in [2.45, 2.75) is 39.7 Å². The van der Waals surface area contributed by atoms with Gasteiger partial charge in [0.05, 0.1) is 12.5 Å². The molecule has 5 heteroatoms. The van der Waals surface area contributed by atoms with Crippen LogP contribution in [0.2, 0.25) is 0 Å². The van der Waals surface area contributed by atoms with Crippen molar-refractivity contribution in [1.29, 1.82) is 0 Å². The van der Waals surface area contributed by atoms with Gasteiger partial charge < -0.3 is 19.5 Å². The van der Waals surface area contributed by atoms with E-state index in [0.717, 1.165) is 37.2 Å². The van der Waals surface area contributed by atoms with Crippen molar-refractivity contribution in [1.82, 2.24) is 4.90 Å². The van der Waals surface area contributed by atoms with Crippen molar-refractivity contribution >= 4 is 5.97 Å². The molecule has 24 heavy (non-hydrogen) atoms. The minimum atomic E-state index is -0.537. The predicted molar refractivity (Wildman–Crippen MR) is 93.2 cm³/mol. The molecule has 0 saturated carbocycles. The zero-order valence-corrected chi connectivity index (χ0v) is 15.0. The topological polar surface area (TPSA) is 59.0 Å². The van der Waals surface area contributed by atoms with E-state index in [-0.39, 0.29) is 18.5 Å². The predicted octanol–water partition coefficient (Wildman–Crippen LogP) is 2.32. The highest BCUT2D eigenvalue weighted by Gasteiger charge is 2.26. The van der Waals surface area contributed by atoms with Crippen LogP contribution in [0.15, 0.2) is 18.2 Å². The van der Waals surface area contributed by atoms with Crippen molar-refractivity contribution in [2.75, 3.05) is 32.8 Å². The van der Waals surface area contributed by atoms with E-state index in [1.807, 2.05) is 32.9 Å². The van der Waals surface area contributed by atoms with E-state index in [1.54, 1.807) is 0 Å². The van der Waals surface area contributed by atoms with Gasteiger partial charge in [-0.25, -0.2) is 0 Å². The lowest BCUT2D eigenvalue weighted by atomic mass is 9.97. The monoisotopic (exact) mass is 335 g/mol. The summed E-state index contributed by atoms with van der Waals surface area (Å²) in [4.78, 5) is 13.9. The third-order valence-corrected chi connectivity index (χ3v) is 4.44. The Labute approximate surface area is 144 Å². The molecule has 1 saturated heterocycles. The number of esters is 1. The second kappa shape index (κ2) is 9.04. The minimum Gasteiger partial charge on any atom is -0.491 e. The van der Waals surface area contributed by atoms with Gasteiger partial charge in [0.1, 0.15) is 18.5 Å². The molecule has 1 N–H and O–H groups in total. The van der Waals surface area contributed by atoms with Gasteiger partial charge in [0.15, 0.2) is 0 Å². The normalized spacial score (nSPS) is 17.5. The summed E-state index contributed by atoms with van der Waals surface area (Å²) in [7, 11) is 0. The fourth-order valence-corrected chi connectivity index (χ4v) is 3.11. The van der Waals surface area contributed by atoms with Crippen LogP contribution >= 0.6 is 0 Å². The molecule has 2 rings (SSSR count). The quantitative estimate of drug-likeness (QED) is 0.775. The van der Waals surface area contributed by atoms with E-state index in [1.165, 1.54) is 5.56 Å². The summed E-state index contributed by atoms with van der Waals surface area (Å²) in [6, 6.07) is 6.03. The van der Waals surface area contributed by atoms with E-state index in [0.29, 0.717) is 13.2 Å². The molecule has 1 atom stereocenters. The molecule has 0 spiro atoms. The number of carbonyl (C=O) groups is 1. The molecular formula is C19H29NO4. The largest absolute Gasteiger partial charge is 0.491 e. The van der Waals surface area contributed by atoms with Gasteiger partial charge in [0, 0.05) is 6.54 Å². The van der Waals surface area contributed by atoms with Gasteiger partial charge in [0.25, 0.3) is 0 Å². The van der Waals surface area contributed by atoms with Gasteiger partial charge in [-0.05, 0) is 58.3 Å². The van der Waals surface area contributed by atoms with Crippen LogP contribution in [0.1, 0.15) is 30.9 Å². The van der Waals surface area contributed by atoms with Crippen molar-refractivity contribution in [3.05, 3.63) is 29.3 Å². The van der Waals surface area contributed by atoms with Crippen LogP contribution in [0.5, 0.6) is 5.75 Å². The first-order valence-electron chi connectivity index (χ1n) is 8.76. The zero-order chi connectivity index (χ0) is 17.5. The summed E-state index contributed by atoms with van der Waals surface area (Å²) >= 11 is 0. The third kappa shape index (κ3) is 5.49. The fraction of sp³-hybridized carbons (Fsp3) is 0.632. The van der Waals surface area contributed by atoms with Gasteiger partial charge in [-0.15, -0.1) is 0 Å². The summed E-state index contributed by atoms with van der Waals surface area (Å²) in [5.74, 6) is 0.737. The Morgan fingerprint density at radius 3 is 2.67 bits per heavy atom. The van der Waals surface area contributed by atoms with E-state index in [9.17, 15) is 9.90 Å². The molecular weight excluding hydrogens is 306 g/mol. The lowest BCUT2D eigenvalue weighted by Crippen LogP contribution is -2.42. The minimum absolute atomic E-state index is 0.00445. The number of aryl methyl sites for hydroxylation is 2. The Bertz CT molecular complexity index is 538. The molecule has 1 heterocycles. The Morgan fingerprint density at radius 2 is 2.04 bits per heavy atom. The van der Waals surface area contributed by atoms with Crippen molar-refractivity contribution in [2.24, 2.45) is 5.92 Å². The molecule has 1 aliphatic rings. The maximum Gasteiger partial charge on any atom is 0.309 e. The maximum absolute atomic E-state index is 11.7. The van der Waals surface area contributed by atoms with Gasteiger partial charge in [-0.3, -0.25) is 4.79 Å². The summed E-state index contributed by atoms with van der Waals surface area (Å²) in [6.45, 7) is 8.80. The number of likely N-dealkylation sites (tertiary alicyclic amines) is 1. The second-order valence-electron chi connectivity index (χ2n) is 6.56. The van der Waals surface area contributed by atoms with Gasteiger partial charge >= 0.3 is 5.97 Å². The Hall–Kier alpha value is -1.59. The van der Waals surface area contributed by atoms with Crippen LogP contribution in [-0.2, 0) is 9.53 Å². The Balaban J connectivity index is 1.71. The number of nitrogens with zero attached hydrogens (tertiary/aromatic N) is 1. The SMILES string of the molecule is CCOC(=O)C1CCN(C[C@H](O)COc2ccc(C)cc2C)CC1. The average Bonchev–Trinajstić information content (AvgIpc) is 2.55. The molecule has 0 aliphatic carbocycles. The zero-order valence-electron chi connectivity index (χ0n) is 15.0. The molecule has 0 bridgehead atoms. The first kappa shape index (κ1) is 18.7. The number of benzene rings is 1. The summed E-state index contributed by atoms with van der Waals surface area (Å²) < 4.78 is 10.8. The number of β-amino-alcohol motifs (C(OH)–C–C–N with tert-alkyl or cyclic N) is 1. The van der Waals surface area contributed by atoms with Gasteiger partial charge in [0.2, 0.25) is 0 Å². The molecule has 1 aliphatic heterocycles. The number of aliphatic hydroxyl groups excluding tert-OH is 1. The molecule has 0 amide bonds. The number of carbonyl (C=O) groups excluding carboxylic acids is 1. The van der Waals surface area contributed by atoms with Crippen LogP contribution in [-0.4, -0.2) is 54.9 Å². The number of hydrogen-bond acceptors (Lipinski definition) is 5. The van der Waals surface area contributed by atoms with E-state index in [2.05, 4.69) is 11.0 Å². The fourth-order valence-electron chi connectivity index (χ4n) is 3.11. The van der Waals surface area contributed by atoms with Crippen LogP contribution < -0.4 is 4.74 Å². The Kier molecular flexibility index (Phi) is 7.06. The van der Waals surface area contributed by atoms with Crippen LogP contribution in [0.25, 0.3) is 0 Å². The maximum atomic E-state index is 11.7. The molecule has 0 unspecified atom stereocenters. The highest BCUT2D eigenvalue weighted by atomic mass is 16.5.